The lowest BCUT2D eigenvalue weighted by Crippen LogP contribution is -2.31. The van der Waals surface area contributed by atoms with Gasteiger partial charge in [0.05, 0.1) is 20.3 Å². The number of benzene rings is 3. The number of halogens is 1. The van der Waals surface area contributed by atoms with E-state index in [1.807, 2.05) is 60.4 Å². The Bertz CT molecular complexity index is 1450. The highest BCUT2D eigenvalue weighted by molar-refractivity contribution is 6.30. The highest BCUT2D eigenvalue weighted by Gasteiger charge is 2.42. The maximum atomic E-state index is 13.6. The molecule has 1 unspecified atom stereocenters. The molecule has 0 spiro atoms. The number of phenols is 1. The van der Waals surface area contributed by atoms with E-state index in [0.717, 1.165) is 22.3 Å². The highest BCUT2D eigenvalue weighted by atomic mass is 35.5. The Labute approximate surface area is 214 Å². The zero-order valence-electron chi connectivity index (χ0n) is 20.2. The fourth-order valence-electron chi connectivity index (χ4n) is 4.78. The fourth-order valence-corrected chi connectivity index (χ4v) is 4.98. The van der Waals surface area contributed by atoms with Crippen molar-refractivity contribution < 1.29 is 19.4 Å². The van der Waals surface area contributed by atoms with E-state index in [-0.39, 0.29) is 11.7 Å². The molecule has 184 valence electrons. The molecule has 5 rings (SSSR count). The molecule has 0 aliphatic carbocycles. The Morgan fingerprint density at radius 3 is 2.61 bits per heavy atom. The van der Waals surface area contributed by atoms with E-state index in [4.69, 9.17) is 21.1 Å². The molecular weight excluding hydrogens is 478 g/mol. The lowest BCUT2D eigenvalue weighted by atomic mass is 9.95. The van der Waals surface area contributed by atoms with Gasteiger partial charge in [0.2, 0.25) is 0 Å². The topological polar surface area (TPSA) is 87.7 Å². The van der Waals surface area contributed by atoms with Gasteiger partial charge in [0.1, 0.15) is 17.1 Å². The summed E-state index contributed by atoms with van der Waals surface area (Å²) in [4.78, 5) is 15.4. The Kier molecular flexibility index (Phi) is 6.33. The first-order valence-electron chi connectivity index (χ1n) is 11.6. The van der Waals surface area contributed by atoms with Gasteiger partial charge in [-0.3, -0.25) is 9.89 Å². The average Bonchev–Trinajstić information content (AvgIpc) is 3.42. The summed E-state index contributed by atoms with van der Waals surface area (Å²) in [6.45, 7) is 2.40. The second-order valence-electron chi connectivity index (χ2n) is 8.78. The number of amides is 1. The van der Waals surface area contributed by atoms with Gasteiger partial charge in [0, 0.05) is 22.7 Å². The molecule has 0 fully saturated rings. The number of nitrogens with zero attached hydrogens (tertiary/aromatic N) is 2. The number of aromatic nitrogens is 2. The van der Waals surface area contributed by atoms with Crippen molar-refractivity contribution in [3.05, 3.63) is 93.6 Å². The maximum absolute atomic E-state index is 13.6. The lowest BCUT2D eigenvalue weighted by molar-refractivity contribution is 0.0746. The number of hydrogen-bond donors (Lipinski definition) is 2. The molecule has 8 heteroatoms. The summed E-state index contributed by atoms with van der Waals surface area (Å²) in [6, 6.07) is 18.2. The SMILES string of the molecule is COc1ccc(CCN2C(=O)c3[nH]nc(-c4cc(C)ccc4O)c3C2c2cccc(Cl)c2)cc1OC. The Morgan fingerprint density at radius 1 is 1.06 bits per heavy atom. The van der Waals surface area contributed by atoms with Gasteiger partial charge in [0.25, 0.3) is 5.91 Å². The molecule has 3 aromatic carbocycles. The number of carbonyl (C=O) groups excluding carboxylic acids is 1. The van der Waals surface area contributed by atoms with Crippen molar-refractivity contribution in [2.24, 2.45) is 0 Å². The minimum atomic E-state index is -0.417. The number of aromatic hydroxyl groups is 1. The highest BCUT2D eigenvalue weighted by Crippen LogP contribution is 2.45. The molecule has 4 aromatic rings. The first-order chi connectivity index (χ1) is 17.4. The van der Waals surface area contributed by atoms with Gasteiger partial charge in [-0.05, 0) is 60.9 Å². The molecule has 1 aliphatic rings. The van der Waals surface area contributed by atoms with Crippen LogP contribution in [0.3, 0.4) is 0 Å². The summed E-state index contributed by atoms with van der Waals surface area (Å²) in [5.41, 5.74) is 5.15. The van der Waals surface area contributed by atoms with Crippen LogP contribution in [0, 0.1) is 6.92 Å². The number of fused-ring (bicyclic) bond motifs is 1. The molecule has 0 radical (unpaired) electrons. The van der Waals surface area contributed by atoms with E-state index >= 15 is 0 Å². The van der Waals surface area contributed by atoms with Crippen LogP contribution in [0.5, 0.6) is 17.2 Å². The summed E-state index contributed by atoms with van der Waals surface area (Å²) in [5, 5.41) is 18.6. The predicted molar refractivity (Wildman–Crippen MR) is 138 cm³/mol. The number of rotatable bonds is 7. The van der Waals surface area contributed by atoms with Crippen LogP contribution in [0.1, 0.15) is 38.8 Å². The van der Waals surface area contributed by atoms with E-state index in [1.165, 1.54) is 0 Å². The third-order valence-electron chi connectivity index (χ3n) is 6.52. The van der Waals surface area contributed by atoms with Crippen molar-refractivity contribution >= 4 is 17.5 Å². The van der Waals surface area contributed by atoms with Gasteiger partial charge in [0.15, 0.2) is 11.5 Å². The molecule has 2 N–H and O–H groups in total. The molecule has 1 atom stereocenters. The van der Waals surface area contributed by atoms with Crippen LogP contribution in [-0.4, -0.2) is 46.9 Å². The zero-order valence-corrected chi connectivity index (χ0v) is 21.0. The summed E-state index contributed by atoms with van der Waals surface area (Å²) in [6.07, 6.45) is 0.603. The number of aromatic amines is 1. The number of carbonyl (C=O) groups is 1. The monoisotopic (exact) mass is 503 g/mol. The maximum Gasteiger partial charge on any atom is 0.273 e. The molecule has 1 aliphatic heterocycles. The van der Waals surface area contributed by atoms with Gasteiger partial charge < -0.3 is 19.5 Å². The number of H-pyrrole nitrogens is 1. The van der Waals surface area contributed by atoms with Crippen molar-refractivity contribution in [2.45, 2.75) is 19.4 Å². The second kappa shape index (κ2) is 9.59. The second-order valence-corrected chi connectivity index (χ2v) is 9.21. The van der Waals surface area contributed by atoms with Gasteiger partial charge in [-0.2, -0.15) is 5.10 Å². The first-order valence-corrected chi connectivity index (χ1v) is 11.9. The largest absolute Gasteiger partial charge is 0.507 e. The number of hydrogen-bond acceptors (Lipinski definition) is 5. The van der Waals surface area contributed by atoms with Crippen LogP contribution in [0.15, 0.2) is 60.7 Å². The van der Waals surface area contributed by atoms with Crippen molar-refractivity contribution in [2.75, 3.05) is 20.8 Å². The predicted octanol–water partition coefficient (Wildman–Crippen LogP) is 5.55. The van der Waals surface area contributed by atoms with Crippen LogP contribution in [0.25, 0.3) is 11.3 Å². The Balaban J connectivity index is 1.56. The summed E-state index contributed by atoms with van der Waals surface area (Å²) in [5.74, 6) is 1.25. The average molecular weight is 504 g/mol. The summed E-state index contributed by atoms with van der Waals surface area (Å²) < 4.78 is 10.8. The van der Waals surface area contributed by atoms with Crippen LogP contribution >= 0.6 is 11.6 Å². The van der Waals surface area contributed by atoms with Gasteiger partial charge in [-0.25, -0.2) is 0 Å². The van der Waals surface area contributed by atoms with Crippen molar-refractivity contribution in [3.63, 3.8) is 0 Å². The molecule has 2 heterocycles. The number of aryl methyl sites for hydroxylation is 1. The third kappa shape index (κ3) is 4.16. The number of phenolic OH excluding ortho intramolecular Hbond substituents is 1. The standard InChI is InChI=1S/C28H26ClN3O4/c1-16-7-9-21(33)20(13-16)25-24-26(31-30-25)28(34)32(27(24)18-5-4-6-19(29)15-18)12-11-17-8-10-22(35-2)23(14-17)36-3/h4-10,13-15,27,33H,11-12H2,1-3H3,(H,30,31). The molecule has 36 heavy (non-hydrogen) atoms. The van der Waals surface area contributed by atoms with E-state index in [2.05, 4.69) is 10.2 Å². The van der Waals surface area contributed by atoms with Gasteiger partial charge in [-0.1, -0.05) is 41.4 Å². The Hall–Kier alpha value is -3.97. The van der Waals surface area contributed by atoms with E-state index < -0.39 is 6.04 Å². The normalized spacial score (nSPS) is 14.7. The van der Waals surface area contributed by atoms with Crippen molar-refractivity contribution in [3.8, 4) is 28.5 Å². The van der Waals surface area contributed by atoms with Crippen molar-refractivity contribution in [1.29, 1.82) is 0 Å². The van der Waals surface area contributed by atoms with Crippen LogP contribution in [0.2, 0.25) is 5.02 Å². The molecule has 1 amide bonds. The minimum Gasteiger partial charge on any atom is -0.507 e. The minimum absolute atomic E-state index is 0.107. The quantitative estimate of drug-likeness (QED) is 0.345. The van der Waals surface area contributed by atoms with Crippen LogP contribution < -0.4 is 9.47 Å². The molecule has 0 saturated carbocycles. The smallest absolute Gasteiger partial charge is 0.273 e. The van der Waals surface area contributed by atoms with E-state index in [9.17, 15) is 9.90 Å². The van der Waals surface area contributed by atoms with E-state index in [0.29, 0.717) is 46.4 Å². The third-order valence-corrected chi connectivity index (χ3v) is 6.76. The zero-order chi connectivity index (χ0) is 25.4. The number of ether oxygens (including phenoxy) is 2. The van der Waals surface area contributed by atoms with Crippen LogP contribution in [0.4, 0.5) is 0 Å². The van der Waals surface area contributed by atoms with Crippen molar-refractivity contribution in [1.82, 2.24) is 15.1 Å². The molecule has 7 nitrogen and oxygen atoms in total. The van der Waals surface area contributed by atoms with Crippen LogP contribution in [-0.2, 0) is 6.42 Å². The molecule has 0 saturated heterocycles. The van der Waals surface area contributed by atoms with E-state index in [1.54, 1.807) is 26.4 Å². The first kappa shape index (κ1) is 23.8. The Morgan fingerprint density at radius 2 is 1.86 bits per heavy atom. The molecule has 1 aromatic heterocycles. The lowest BCUT2D eigenvalue weighted by Gasteiger charge is -2.27. The summed E-state index contributed by atoms with van der Waals surface area (Å²) in [7, 11) is 3.20. The molecule has 0 bridgehead atoms. The van der Waals surface area contributed by atoms with Gasteiger partial charge >= 0.3 is 0 Å². The molecular formula is C28H26ClN3O4. The fraction of sp³-hybridized carbons (Fsp3) is 0.214. The summed E-state index contributed by atoms with van der Waals surface area (Å²) >= 11 is 6.35. The van der Waals surface area contributed by atoms with Gasteiger partial charge in [-0.15, -0.1) is 0 Å². The number of nitrogens with one attached hydrogen (secondary N) is 1. The number of methoxy groups -OCH3 is 2.